The molecule has 15 heavy (non-hydrogen) atoms. The molecule has 1 aromatic carbocycles. The zero-order valence-electron chi connectivity index (χ0n) is 8.21. The number of halogens is 1. The van der Waals surface area contributed by atoms with Gasteiger partial charge in [-0.05, 0) is 15.9 Å². The number of hydrogen-bond acceptors (Lipinski definition) is 5. The summed E-state index contributed by atoms with van der Waals surface area (Å²) in [5.74, 6) is 6.87. The molecule has 0 amide bonds. The summed E-state index contributed by atoms with van der Waals surface area (Å²) < 4.78 is 11.6. The van der Waals surface area contributed by atoms with E-state index >= 15 is 0 Å². The average molecular weight is 274 g/mol. The van der Waals surface area contributed by atoms with Crippen LogP contribution in [-0.4, -0.2) is 19.9 Å². The molecule has 0 radical (unpaired) electrons. The van der Waals surface area contributed by atoms with Crippen molar-refractivity contribution < 1.29 is 9.47 Å². The third-order valence-electron chi connectivity index (χ3n) is 2.19. The van der Waals surface area contributed by atoms with E-state index in [2.05, 4.69) is 26.7 Å². The lowest BCUT2D eigenvalue weighted by molar-refractivity contribution is 0.265. The highest BCUT2D eigenvalue weighted by Crippen LogP contribution is 2.37. The van der Waals surface area contributed by atoms with Crippen LogP contribution in [0.4, 0.5) is 5.69 Å². The molecule has 1 aromatic rings. The molecule has 0 saturated carbocycles. The van der Waals surface area contributed by atoms with E-state index in [1.807, 2.05) is 12.1 Å². The summed E-state index contributed by atoms with van der Waals surface area (Å²) in [5, 5.41) is 3.19. The van der Waals surface area contributed by atoms with E-state index in [-0.39, 0.29) is 6.17 Å². The number of benzene rings is 1. The third-order valence-corrected chi connectivity index (χ3v) is 2.81. The Balaban J connectivity index is 2.33. The number of fused-ring (bicyclic) bond motifs is 1. The van der Waals surface area contributed by atoms with Crippen LogP contribution in [0.3, 0.4) is 0 Å². The van der Waals surface area contributed by atoms with Crippen molar-refractivity contribution in [1.82, 2.24) is 5.43 Å². The van der Waals surface area contributed by atoms with E-state index in [0.29, 0.717) is 6.61 Å². The van der Waals surface area contributed by atoms with Crippen molar-refractivity contribution in [3.8, 4) is 11.5 Å². The van der Waals surface area contributed by atoms with Gasteiger partial charge < -0.3 is 14.8 Å². The molecule has 82 valence electrons. The van der Waals surface area contributed by atoms with Gasteiger partial charge in [-0.25, -0.2) is 5.43 Å². The van der Waals surface area contributed by atoms with Gasteiger partial charge in [0.2, 0.25) is 0 Å². The molecule has 4 N–H and O–H groups in total. The minimum atomic E-state index is -0.0802. The van der Waals surface area contributed by atoms with E-state index in [0.717, 1.165) is 21.7 Å². The molecule has 0 bridgehead atoms. The minimum absolute atomic E-state index is 0.0802. The lowest BCUT2D eigenvalue weighted by Crippen LogP contribution is -2.47. The number of rotatable bonds is 2. The largest absolute Gasteiger partial charge is 0.495 e. The zero-order valence-corrected chi connectivity index (χ0v) is 9.80. The molecule has 1 aliphatic heterocycles. The Hall–Kier alpha value is -0.980. The number of nitrogens with one attached hydrogen (secondary N) is 2. The second-order valence-corrected chi connectivity index (χ2v) is 4.01. The first-order valence-corrected chi connectivity index (χ1v) is 5.27. The normalized spacial score (nSPS) is 18.7. The maximum atomic E-state index is 5.52. The van der Waals surface area contributed by atoms with Crippen molar-refractivity contribution in [1.29, 1.82) is 0 Å². The van der Waals surface area contributed by atoms with Gasteiger partial charge in [-0.1, -0.05) is 0 Å². The Kier molecular flexibility index (Phi) is 2.99. The Bertz CT molecular complexity index is 373. The molecular formula is C9H12BrN3O2. The predicted molar refractivity (Wildman–Crippen MR) is 60.9 cm³/mol. The Morgan fingerprint density at radius 3 is 3.13 bits per heavy atom. The first-order chi connectivity index (χ1) is 7.24. The zero-order chi connectivity index (χ0) is 10.8. The van der Waals surface area contributed by atoms with Crippen LogP contribution in [0.5, 0.6) is 11.5 Å². The SMILES string of the molecule is COc1cc2c(cc1Br)OCC(NN)N2. The fourth-order valence-electron chi connectivity index (χ4n) is 1.42. The molecule has 0 spiro atoms. The summed E-state index contributed by atoms with van der Waals surface area (Å²) in [6.07, 6.45) is -0.0802. The highest BCUT2D eigenvalue weighted by molar-refractivity contribution is 9.10. The second kappa shape index (κ2) is 4.26. The third kappa shape index (κ3) is 2.01. The monoisotopic (exact) mass is 273 g/mol. The topological polar surface area (TPSA) is 68.5 Å². The summed E-state index contributed by atoms with van der Waals surface area (Å²) in [7, 11) is 1.62. The van der Waals surface area contributed by atoms with Gasteiger partial charge in [-0.3, -0.25) is 5.84 Å². The Morgan fingerprint density at radius 2 is 2.47 bits per heavy atom. The molecule has 1 heterocycles. The quantitative estimate of drug-likeness (QED) is 0.555. The van der Waals surface area contributed by atoms with Crippen LogP contribution in [0.15, 0.2) is 16.6 Å². The Labute approximate surface area is 96.0 Å². The number of hydrogen-bond donors (Lipinski definition) is 3. The summed E-state index contributed by atoms with van der Waals surface area (Å²) in [5.41, 5.74) is 3.47. The molecule has 1 unspecified atom stereocenters. The lowest BCUT2D eigenvalue weighted by Gasteiger charge is -2.27. The molecule has 6 heteroatoms. The van der Waals surface area contributed by atoms with Crippen LogP contribution in [0, 0.1) is 0 Å². The van der Waals surface area contributed by atoms with Crippen molar-refractivity contribution in [2.75, 3.05) is 19.0 Å². The van der Waals surface area contributed by atoms with Gasteiger partial charge in [0.1, 0.15) is 24.3 Å². The van der Waals surface area contributed by atoms with Crippen LogP contribution in [-0.2, 0) is 0 Å². The first kappa shape index (κ1) is 10.5. The number of nitrogens with two attached hydrogens (primary N) is 1. The Morgan fingerprint density at radius 1 is 1.67 bits per heavy atom. The van der Waals surface area contributed by atoms with E-state index in [1.165, 1.54) is 0 Å². The standard InChI is InChI=1S/C9H12BrN3O2/c1-14-7-3-6-8(2-5(7)10)15-4-9(12-6)13-11/h2-3,9,12-13H,4,11H2,1H3. The van der Waals surface area contributed by atoms with Crippen molar-refractivity contribution >= 4 is 21.6 Å². The summed E-state index contributed by atoms with van der Waals surface area (Å²) in [4.78, 5) is 0. The molecule has 1 atom stereocenters. The fourth-order valence-corrected chi connectivity index (χ4v) is 1.90. The molecular weight excluding hydrogens is 262 g/mol. The fraction of sp³-hybridized carbons (Fsp3) is 0.333. The van der Waals surface area contributed by atoms with Gasteiger partial charge in [-0.2, -0.15) is 0 Å². The van der Waals surface area contributed by atoms with Crippen molar-refractivity contribution in [2.24, 2.45) is 5.84 Å². The van der Waals surface area contributed by atoms with Crippen molar-refractivity contribution in [2.45, 2.75) is 6.17 Å². The number of methoxy groups -OCH3 is 1. The van der Waals surface area contributed by atoms with Crippen LogP contribution in [0.2, 0.25) is 0 Å². The average Bonchev–Trinajstić information content (AvgIpc) is 2.27. The van der Waals surface area contributed by atoms with Crippen LogP contribution in [0.25, 0.3) is 0 Å². The smallest absolute Gasteiger partial charge is 0.144 e. The number of anilines is 1. The van der Waals surface area contributed by atoms with E-state index in [1.54, 1.807) is 7.11 Å². The number of hydrazine groups is 1. The molecule has 5 nitrogen and oxygen atoms in total. The maximum Gasteiger partial charge on any atom is 0.144 e. The molecule has 1 aliphatic rings. The summed E-state index contributed by atoms with van der Waals surface area (Å²) in [6, 6.07) is 3.73. The van der Waals surface area contributed by atoms with Crippen LogP contribution in [0.1, 0.15) is 0 Å². The van der Waals surface area contributed by atoms with E-state index in [9.17, 15) is 0 Å². The minimum Gasteiger partial charge on any atom is -0.495 e. The predicted octanol–water partition coefficient (Wildman–Crippen LogP) is 1.05. The molecule has 0 fully saturated rings. The highest BCUT2D eigenvalue weighted by Gasteiger charge is 2.19. The van der Waals surface area contributed by atoms with Crippen LogP contribution < -0.4 is 26.1 Å². The van der Waals surface area contributed by atoms with Gasteiger partial charge in [0.05, 0.1) is 17.3 Å². The first-order valence-electron chi connectivity index (χ1n) is 4.47. The van der Waals surface area contributed by atoms with Gasteiger partial charge >= 0.3 is 0 Å². The molecule has 0 aliphatic carbocycles. The van der Waals surface area contributed by atoms with Gasteiger partial charge in [-0.15, -0.1) is 0 Å². The van der Waals surface area contributed by atoms with E-state index < -0.39 is 0 Å². The summed E-state index contributed by atoms with van der Waals surface area (Å²) >= 11 is 3.39. The van der Waals surface area contributed by atoms with Gasteiger partial charge in [0.25, 0.3) is 0 Å². The molecule has 2 rings (SSSR count). The van der Waals surface area contributed by atoms with Crippen molar-refractivity contribution in [3.05, 3.63) is 16.6 Å². The molecule has 0 saturated heterocycles. The van der Waals surface area contributed by atoms with E-state index in [4.69, 9.17) is 15.3 Å². The number of ether oxygens (including phenoxy) is 2. The van der Waals surface area contributed by atoms with Crippen LogP contribution >= 0.6 is 15.9 Å². The maximum absolute atomic E-state index is 5.52. The second-order valence-electron chi connectivity index (χ2n) is 3.16. The van der Waals surface area contributed by atoms with Crippen molar-refractivity contribution in [3.63, 3.8) is 0 Å². The summed E-state index contributed by atoms with van der Waals surface area (Å²) in [6.45, 7) is 0.488. The highest BCUT2D eigenvalue weighted by atomic mass is 79.9. The molecule has 0 aromatic heterocycles. The lowest BCUT2D eigenvalue weighted by atomic mass is 10.2. The van der Waals surface area contributed by atoms with Gasteiger partial charge in [0, 0.05) is 12.1 Å². The van der Waals surface area contributed by atoms with Gasteiger partial charge in [0.15, 0.2) is 0 Å².